The topological polar surface area (TPSA) is 106 Å². The minimum Gasteiger partial charge on any atom is -0.495 e. The number of hydrogen-bond acceptors (Lipinski definition) is 6. The van der Waals surface area contributed by atoms with Crippen LogP contribution in [0, 0.1) is 0 Å². The molecule has 0 aliphatic rings. The average molecular weight is 388 g/mol. The van der Waals surface area contributed by atoms with Crippen molar-refractivity contribution in [2.75, 3.05) is 40.5 Å². The summed E-state index contributed by atoms with van der Waals surface area (Å²) >= 11 is 0. The highest BCUT2D eigenvalue weighted by Crippen LogP contribution is 2.26. The highest BCUT2D eigenvalue weighted by molar-refractivity contribution is 7.89. The third-order valence-corrected chi connectivity index (χ3v) is 5.01. The van der Waals surface area contributed by atoms with Crippen molar-refractivity contribution in [1.29, 1.82) is 0 Å². The molecule has 0 atom stereocenters. The van der Waals surface area contributed by atoms with Crippen LogP contribution in [0.5, 0.6) is 5.75 Å². The maximum absolute atomic E-state index is 12.6. The van der Waals surface area contributed by atoms with Crippen LogP contribution in [0.1, 0.15) is 31.1 Å². The van der Waals surface area contributed by atoms with Gasteiger partial charge in [-0.25, -0.2) is 13.1 Å². The zero-order valence-corrected chi connectivity index (χ0v) is 16.8. The summed E-state index contributed by atoms with van der Waals surface area (Å²) in [5.74, 6) is -0.173. The molecule has 1 aromatic carbocycles. The Balaban J connectivity index is 2.87. The maximum Gasteiger partial charge on any atom is 0.251 e. The van der Waals surface area contributed by atoms with Gasteiger partial charge in [-0.1, -0.05) is 0 Å². The standard InChI is InChI=1S/C17H29N3O5S/c1-17(2,3)20-26(22,23)15-12-13(6-7-14(15)25-5)16(21)19-9-8-18-10-11-24-4/h6-7,12,18,20H,8-11H2,1-5H3,(H,19,21). The molecule has 0 aromatic heterocycles. The molecule has 9 heteroatoms. The van der Waals surface area contributed by atoms with Crippen molar-refractivity contribution in [3.8, 4) is 5.75 Å². The van der Waals surface area contributed by atoms with Gasteiger partial charge >= 0.3 is 0 Å². The second kappa shape index (κ2) is 9.86. The van der Waals surface area contributed by atoms with E-state index in [9.17, 15) is 13.2 Å². The minimum absolute atomic E-state index is 0.0687. The van der Waals surface area contributed by atoms with Gasteiger partial charge in [0.05, 0.1) is 13.7 Å². The first-order chi connectivity index (χ1) is 12.1. The Hall–Kier alpha value is -1.68. The van der Waals surface area contributed by atoms with E-state index in [0.29, 0.717) is 26.2 Å². The van der Waals surface area contributed by atoms with Crippen molar-refractivity contribution in [2.24, 2.45) is 0 Å². The summed E-state index contributed by atoms with van der Waals surface area (Å²) in [6, 6.07) is 4.33. The molecular weight excluding hydrogens is 358 g/mol. The molecule has 0 heterocycles. The summed E-state index contributed by atoms with van der Waals surface area (Å²) in [6.07, 6.45) is 0. The molecule has 0 unspecified atom stereocenters. The third-order valence-electron chi connectivity index (χ3n) is 3.23. The summed E-state index contributed by atoms with van der Waals surface area (Å²) in [5, 5.41) is 5.85. The summed E-state index contributed by atoms with van der Waals surface area (Å²) in [7, 11) is -0.829. The van der Waals surface area contributed by atoms with Gasteiger partial charge in [-0.15, -0.1) is 0 Å². The van der Waals surface area contributed by atoms with Crippen LogP contribution in [0.15, 0.2) is 23.1 Å². The second-order valence-corrected chi connectivity index (χ2v) is 8.37. The lowest BCUT2D eigenvalue weighted by atomic mass is 10.1. The molecule has 0 fully saturated rings. The van der Waals surface area contributed by atoms with Gasteiger partial charge in [0.25, 0.3) is 5.91 Å². The largest absolute Gasteiger partial charge is 0.495 e. The van der Waals surface area contributed by atoms with E-state index in [1.54, 1.807) is 27.9 Å². The van der Waals surface area contributed by atoms with Crippen molar-refractivity contribution in [2.45, 2.75) is 31.2 Å². The predicted octanol–water partition coefficient (Wildman–Crippen LogP) is 0.738. The van der Waals surface area contributed by atoms with Crippen molar-refractivity contribution < 1.29 is 22.7 Å². The van der Waals surface area contributed by atoms with Gasteiger partial charge < -0.3 is 20.1 Å². The number of nitrogens with one attached hydrogen (secondary N) is 3. The minimum atomic E-state index is -3.83. The van der Waals surface area contributed by atoms with Crippen LogP contribution in [0.3, 0.4) is 0 Å². The first-order valence-corrected chi connectivity index (χ1v) is 9.79. The van der Waals surface area contributed by atoms with E-state index in [4.69, 9.17) is 9.47 Å². The van der Waals surface area contributed by atoms with Gasteiger partial charge in [-0.3, -0.25) is 4.79 Å². The van der Waals surface area contributed by atoms with Crippen LogP contribution in [0.4, 0.5) is 0 Å². The number of carbonyl (C=O) groups excluding carboxylic acids is 1. The third kappa shape index (κ3) is 7.28. The fraction of sp³-hybridized carbons (Fsp3) is 0.588. The van der Waals surface area contributed by atoms with Crippen LogP contribution >= 0.6 is 0 Å². The molecule has 3 N–H and O–H groups in total. The zero-order chi connectivity index (χ0) is 19.8. The lowest BCUT2D eigenvalue weighted by Gasteiger charge is -2.21. The van der Waals surface area contributed by atoms with E-state index in [1.165, 1.54) is 25.3 Å². The number of benzene rings is 1. The van der Waals surface area contributed by atoms with E-state index in [2.05, 4.69) is 15.4 Å². The molecular formula is C17H29N3O5S. The molecule has 0 aliphatic carbocycles. The number of methoxy groups -OCH3 is 2. The zero-order valence-electron chi connectivity index (χ0n) is 16.0. The summed E-state index contributed by atoms with van der Waals surface area (Å²) < 4.78 is 37.9. The normalized spacial score (nSPS) is 12.0. The van der Waals surface area contributed by atoms with Crippen LogP contribution in [-0.2, 0) is 14.8 Å². The maximum atomic E-state index is 12.6. The van der Waals surface area contributed by atoms with Crippen LogP contribution < -0.4 is 20.1 Å². The van der Waals surface area contributed by atoms with E-state index in [1.807, 2.05) is 0 Å². The Labute approximate surface area is 155 Å². The molecule has 1 rings (SSSR count). The van der Waals surface area contributed by atoms with Crippen molar-refractivity contribution in [3.63, 3.8) is 0 Å². The van der Waals surface area contributed by atoms with E-state index >= 15 is 0 Å². The molecule has 8 nitrogen and oxygen atoms in total. The van der Waals surface area contributed by atoms with E-state index < -0.39 is 15.6 Å². The Morgan fingerprint density at radius 3 is 2.38 bits per heavy atom. The number of carbonyl (C=O) groups is 1. The Bertz CT molecular complexity index is 699. The van der Waals surface area contributed by atoms with Gasteiger partial charge in [0.15, 0.2) is 0 Å². The lowest BCUT2D eigenvalue weighted by Crippen LogP contribution is -2.40. The molecule has 1 amide bonds. The first-order valence-electron chi connectivity index (χ1n) is 8.30. The molecule has 0 saturated carbocycles. The SMILES string of the molecule is COCCNCCNC(=O)c1ccc(OC)c(S(=O)(=O)NC(C)(C)C)c1. The van der Waals surface area contributed by atoms with E-state index in [0.717, 1.165) is 0 Å². The smallest absolute Gasteiger partial charge is 0.251 e. The molecule has 26 heavy (non-hydrogen) atoms. The monoisotopic (exact) mass is 387 g/mol. The van der Waals surface area contributed by atoms with Gasteiger partial charge in [-0.05, 0) is 39.0 Å². The highest BCUT2D eigenvalue weighted by atomic mass is 32.2. The summed E-state index contributed by atoms with van der Waals surface area (Å²) in [5.41, 5.74) is -0.410. The Morgan fingerprint density at radius 1 is 1.12 bits per heavy atom. The molecule has 0 aliphatic heterocycles. The average Bonchev–Trinajstić information content (AvgIpc) is 2.55. The van der Waals surface area contributed by atoms with Crippen molar-refractivity contribution in [3.05, 3.63) is 23.8 Å². The molecule has 0 saturated heterocycles. The van der Waals surface area contributed by atoms with Crippen LogP contribution in [0.2, 0.25) is 0 Å². The van der Waals surface area contributed by atoms with Crippen molar-refractivity contribution in [1.82, 2.24) is 15.4 Å². The molecule has 0 spiro atoms. The molecule has 148 valence electrons. The predicted molar refractivity (Wildman–Crippen MR) is 100 cm³/mol. The van der Waals surface area contributed by atoms with Gasteiger partial charge in [0, 0.05) is 37.8 Å². The lowest BCUT2D eigenvalue weighted by molar-refractivity contribution is 0.0953. The molecule has 1 aromatic rings. The second-order valence-electron chi connectivity index (χ2n) is 6.72. The first kappa shape index (κ1) is 22.4. The number of rotatable bonds is 10. The molecule has 0 bridgehead atoms. The van der Waals surface area contributed by atoms with Gasteiger partial charge in [0.2, 0.25) is 10.0 Å². The van der Waals surface area contributed by atoms with E-state index in [-0.39, 0.29) is 22.1 Å². The number of ether oxygens (including phenoxy) is 2. The fourth-order valence-corrected chi connectivity index (χ4v) is 3.77. The Morgan fingerprint density at radius 2 is 1.81 bits per heavy atom. The number of hydrogen-bond donors (Lipinski definition) is 3. The highest BCUT2D eigenvalue weighted by Gasteiger charge is 2.26. The number of sulfonamides is 1. The molecule has 0 radical (unpaired) electrons. The van der Waals surface area contributed by atoms with Crippen LogP contribution in [-0.4, -0.2) is 60.3 Å². The van der Waals surface area contributed by atoms with Gasteiger partial charge in [-0.2, -0.15) is 0 Å². The van der Waals surface area contributed by atoms with Gasteiger partial charge in [0.1, 0.15) is 10.6 Å². The van der Waals surface area contributed by atoms with Crippen LogP contribution in [0.25, 0.3) is 0 Å². The fourth-order valence-electron chi connectivity index (χ4n) is 2.15. The quantitative estimate of drug-likeness (QED) is 0.511. The Kier molecular flexibility index (Phi) is 8.48. The summed E-state index contributed by atoms with van der Waals surface area (Å²) in [6.45, 7) is 7.50. The summed E-state index contributed by atoms with van der Waals surface area (Å²) in [4.78, 5) is 12.2. The number of amides is 1. The van der Waals surface area contributed by atoms with Crippen molar-refractivity contribution >= 4 is 15.9 Å².